The van der Waals surface area contributed by atoms with Crippen LogP contribution in [-0.2, 0) is 4.79 Å². The number of allylic oxidation sites excluding steroid dienone is 4. The van der Waals surface area contributed by atoms with Gasteiger partial charge in [-0.1, -0.05) is 91.9 Å². The summed E-state index contributed by atoms with van der Waals surface area (Å²) < 4.78 is 0. The molecule has 0 amide bonds. The second kappa shape index (κ2) is 11.4. The van der Waals surface area contributed by atoms with Crippen LogP contribution in [0.5, 0.6) is 0 Å². The zero-order valence-corrected chi connectivity index (χ0v) is 23.7. The fourth-order valence-electron chi connectivity index (χ4n) is 8.03. The number of hydrogen-bond acceptors (Lipinski definition) is 3. The average Bonchev–Trinajstić information content (AvgIpc) is 3.25. The molecule has 5 atom stereocenters. The monoisotopic (exact) mass is 519 g/mol. The molecule has 3 heteroatoms. The van der Waals surface area contributed by atoms with Crippen molar-refractivity contribution < 1.29 is 4.79 Å². The number of carbonyl (C=O) groups is 1. The highest BCUT2D eigenvalue weighted by atomic mass is 16.2. The molecule has 0 radical (unpaired) electrons. The van der Waals surface area contributed by atoms with E-state index >= 15 is 0 Å². The van der Waals surface area contributed by atoms with E-state index in [1.807, 2.05) is 12.2 Å². The Morgan fingerprint density at radius 3 is 2.41 bits per heavy atom. The molecule has 5 unspecified atom stereocenters. The molecule has 3 nitrogen and oxygen atoms in total. The molecule has 0 spiro atoms. The largest absolute Gasteiger partial charge is 0.295 e. The number of hydrogen-bond donors (Lipinski definition) is 0. The first kappa shape index (κ1) is 27.2. The molecular formula is C36H41NO2. The first-order valence-corrected chi connectivity index (χ1v) is 14.6. The van der Waals surface area contributed by atoms with Gasteiger partial charge in [0, 0.05) is 12.3 Å². The van der Waals surface area contributed by atoms with Gasteiger partial charge >= 0.3 is 0 Å². The highest BCUT2D eigenvalue weighted by Gasteiger charge is 2.55. The zero-order chi connectivity index (χ0) is 27.6. The number of rotatable bonds is 4. The average molecular weight is 520 g/mol. The normalized spacial score (nSPS) is 29.5. The van der Waals surface area contributed by atoms with E-state index in [-0.39, 0.29) is 0 Å². The summed E-state index contributed by atoms with van der Waals surface area (Å²) in [6.07, 6.45) is 16.2. The van der Waals surface area contributed by atoms with Crippen molar-refractivity contribution in [2.45, 2.75) is 64.7 Å². The zero-order valence-electron chi connectivity index (χ0n) is 23.7. The van der Waals surface area contributed by atoms with Crippen molar-refractivity contribution in [2.75, 3.05) is 7.05 Å². The van der Waals surface area contributed by atoms with E-state index in [0.29, 0.717) is 29.5 Å². The Balaban J connectivity index is 0.000000983. The van der Waals surface area contributed by atoms with Crippen molar-refractivity contribution in [1.82, 2.24) is 0 Å². The van der Waals surface area contributed by atoms with Crippen molar-refractivity contribution in [2.24, 2.45) is 28.3 Å². The molecule has 0 heterocycles. The van der Waals surface area contributed by atoms with Crippen molar-refractivity contribution in [3.63, 3.8) is 0 Å². The molecule has 2 aromatic carbocycles. The van der Waals surface area contributed by atoms with Gasteiger partial charge in [-0.2, -0.15) is 4.91 Å². The Kier molecular flexibility index (Phi) is 7.98. The summed E-state index contributed by atoms with van der Waals surface area (Å²) in [7, 11) is 1.19. The Bertz CT molecular complexity index is 1340. The fourth-order valence-corrected chi connectivity index (χ4v) is 8.03. The van der Waals surface area contributed by atoms with Crippen LogP contribution in [0.25, 0.3) is 18.2 Å². The molecule has 2 aromatic rings. The summed E-state index contributed by atoms with van der Waals surface area (Å²) in [4.78, 5) is 20.8. The summed E-state index contributed by atoms with van der Waals surface area (Å²) >= 11 is 0. The molecule has 2 fully saturated rings. The van der Waals surface area contributed by atoms with E-state index in [4.69, 9.17) is 4.91 Å². The van der Waals surface area contributed by atoms with Crippen LogP contribution in [0.4, 0.5) is 0 Å². The van der Waals surface area contributed by atoms with Crippen molar-refractivity contribution in [3.05, 3.63) is 105 Å². The van der Waals surface area contributed by atoms with Gasteiger partial charge in [0.25, 0.3) is 0 Å². The molecule has 0 saturated heterocycles. The second-order valence-corrected chi connectivity index (χ2v) is 12.1. The van der Waals surface area contributed by atoms with Gasteiger partial charge in [0.2, 0.25) is 0 Å². The number of ketones is 1. The van der Waals surface area contributed by atoms with Gasteiger partial charge in [0.05, 0.1) is 7.05 Å². The topological polar surface area (TPSA) is 46.5 Å². The van der Waals surface area contributed by atoms with Gasteiger partial charge in [0.15, 0.2) is 5.78 Å². The minimum Gasteiger partial charge on any atom is -0.295 e. The predicted octanol–water partition coefficient (Wildman–Crippen LogP) is 9.42. The Morgan fingerprint density at radius 1 is 0.949 bits per heavy atom. The van der Waals surface area contributed by atoms with E-state index in [1.54, 1.807) is 11.1 Å². The summed E-state index contributed by atoms with van der Waals surface area (Å²) in [5, 5.41) is 2.25. The summed E-state index contributed by atoms with van der Waals surface area (Å²) in [6, 6.07) is 17.8. The van der Waals surface area contributed by atoms with Crippen molar-refractivity contribution in [3.8, 4) is 0 Å². The molecule has 0 aromatic heterocycles. The highest BCUT2D eigenvalue weighted by molar-refractivity contribution is 5.93. The van der Waals surface area contributed by atoms with Crippen LogP contribution < -0.4 is 0 Å². The predicted molar refractivity (Wildman–Crippen MR) is 163 cm³/mol. The minimum absolute atomic E-state index is 0.328. The number of nitrogens with zero attached hydrogens (tertiary/aromatic N) is 1. The van der Waals surface area contributed by atoms with E-state index in [1.165, 1.54) is 55.0 Å². The molecular weight excluding hydrogens is 478 g/mol. The van der Waals surface area contributed by atoms with Crippen LogP contribution in [-0.4, -0.2) is 12.8 Å². The Labute approximate surface area is 233 Å². The van der Waals surface area contributed by atoms with E-state index < -0.39 is 0 Å². The lowest BCUT2D eigenvalue weighted by atomic mass is 9.52. The lowest BCUT2D eigenvalue weighted by Gasteiger charge is -2.52. The van der Waals surface area contributed by atoms with Gasteiger partial charge in [-0.3, -0.25) is 4.79 Å². The third-order valence-corrected chi connectivity index (χ3v) is 10.2. The van der Waals surface area contributed by atoms with Crippen LogP contribution in [0, 0.1) is 28.1 Å². The van der Waals surface area contributed by atoms with E-state index in [9.17, 15) is 4.79 Å². The van der Waals surface area contributed by atoms with E-state index in [2.05, 4.69) is 86.3 Å². The molecule has 4 aliphatic rings. The van der Waals surface area contributed by atoms with Crippen molar-refractivity contribution in [1.29, 1.82) is 0 Å². The maximum absolute atomic E-state index is 12.2. The van der Waals surface area contributed by atoms with E-state index in [0.717, 1.165) is 30.2 Å². The number of benzene rings is 2. The van der Waals surface area contributed by atoms with Crippen LogP contribution in [0.1, 0.15) is 87.0 Å². The first-order chi connectivity index (χ1) is 18.9. The standard InChI is InChI=1S/C35H38O.CH3NO/c1-4-24-6-5-7-26(20-24)10-9-25-11-13-27(14-12-25)32-22-35(3)23(2)8-19-33(35)31-17-15-28-21-29(36)16-18-30(28)34(31)32;1-2-3/h4-7,9-14,20-21,23,31-33H,1,8,15-19,22H2,2-3H3;1H3/b10-9+;. The van der Waals surface area contributed by atoms with Gasteiger partial charge < -0.3 is 0 Å². The Hall–Kier alpha value is -3.33. The molecule has 4 aliphatic carbocycles. The summed E-state index contributed by atoms with van der Waals surface area (Å²) in [5.74, 6) is 3.09. The highest BCUT2D eigenvalue weighted by Crippen LogP contribution is 2.65. The third kappa shape index (κ3) is 5.29. The van der Waals surface area contributed by atoms with Crippen LogP contribution >= 0.6 is 0 Å². The third-order valence-electron chi connectivity index (χ3n) is 10.2. The fraction of sp³-hybridized carbons (Fsp3) is 0.417. The van der Waals surface area contributed by atoms with Crippen molar-refractivity contribution >= 4 is 24.0 Å². The number of fused-ring (bicyclic) bond motifs is 4. The summed E-state index contributed by atoms with van der Waals surface area (Å²) in [6.45, 7) is 8.97. The van der Waals surface area contributed by atoms with Gasteiger partial charge in [0.1, 0.15) is 0 Å². The molecule has 2 saturated carbocycles. The lowest BCUT2D eigenvalue weighted by Crippen LogP contribution is -2.42. The van der Waals surface area contributed by atoms with Gasteiger partial charge in [-0.15, -0.1) is 0 Å². The quantitative estimate of drug-likeness (QED) is 0.298. The molecule has 0 aliphatic heterocycles. The first-order valence-electron chi connectivity index (χ1n) is 14.6. The molecule has 202 valence electrons. The molecule has 0 bridgehead atoms. The van der Waals surface area contributed by atoms with Crippen LogP contribution in [0.3, 0.4) is 0 Å². The molecule has 39 heavy (non-hydrogen) atoms. The maximum atomic E-state index is 12.2. The van der Waals surface area contributed by atoms with Gasteiger partial charge in [-0.05, 0) is 107 Å². The minimum atomic E-state index is 0.328. The van der Waals surface area contributed by atoms with Gasteiger partial charge in [-0.25, -0.2) is 0 Å². The molecule has 6 rings (SSSR count). The maximum Gasteiger partial charge on any atom is 0.156 e. The lowest BCUT2D eigenvalue weighted by molar-refractivity contribution is -0.114. The smallest absolute Gasteiger partial charge is 0.156 e. The number of carbonyl (C=O) groups excluding carboxylic acids is 1. The second-order valence-electron chi connectivity index (χ2n) is 12.1. The van der Waals surface area contributed by atoms with Crippen LogP contribution in [0.2, 0.25) is 0 Å². The number of nitroso groups, excluding NO2 is 1. The molecule has 0 N–H and O–H groups in total. The SMILES string of the molecule is C=Cc1cccc(/C=C/c2ccc(C3CC4(C)C(C)CCC4C4CCC5=CC(=O)CCC5=C34)cc2)c1.CN=O. The Morgan fingerprint density at radius 2 is 1.67 bits per heavy atom. The van der Waals surface area contributed by atoms with Crippen LogP contribution in [0.15, 0.2) is 83.1 Å². The summed E-state index contributed by atoms with van der Waals surface area (Å²) in [5.41, 5.74) is 10.1.